The first-order chi connectivity index (χ1) is 11.2. The van der Waals surface area contributed by atoms with Gasteiger partial charge in [-0.15, -0.1) is 0 Å². The van der Waals surface area contributed by atoms with Crippen molar-refractivity contribution in [1.29, 1.82) is 0 Å². The summed E-state index contributed by atoms with van der Waals surface area (Å²) in [6.07, 6.45) is 1.87. The second-order valence-corrected chi connectivity index (χ2v) is 6.14. The van der Waals surface area contributed by atoms with E-state index in [2.05, 4.69) is 17.1 Å². The molecule has 1 N–H and O–H groups in total. The number of aliphatic hydroxyl groups is 1. The maximum absolute atomic E-state index is 13.0. The number of aromatic nitrogens is 2. The van der Waals surface area contributed by atoms with Gasteiger partial charge in [0.15, 0.2) is 5.16 Å². The Bertz CT molecular complexity index is 756. The smallest absolute Gasteiger partial charge is 0.168 e. The first-order valence-electron chi connectivity index (χ1n) is 7.32. The molecular formula is C18H17FN2OS. The quantitative estimate of drug-likeness (QED) is 0.698. The molecule has 0 unspecified atom stereocenters. The SMILES string of the molecule is OCc1cn(Cc2ccccc2)c(SCc2ccc(F)cc2)n1. The van der Waals surface area contributed by atoms with Crippen LogP contribution < -0.4 is 0 Å². The van der Waals surface area contributed by atoms with Gasteiger partial charge in [-0.25, -0.2) is 9.37 Å². The Labute approximate surface area is 138 Å². The molecule has 0 bridgehead atoms. The number of aliphatic hydroxyl groups excluding tert-OH is 1. The average Bonchev–Trinajstić information content (AvgIpc) is 2.97. The van der Waals surface area contributed by atoms with Crippen molar-refractivity contribution in [1.82, 2.24) is 9.55 Å². The molecule has 3 rings (SSSR count). The van der Waals surface area contributed by atoms with Gasteiger partial charge >= 0.3 is 0 Å². The predicted octanol–water partition coefficient (Wildman–Crippen LogP) is 3.86. The van der Waals surface area contributed by atoms with Crippen LogP contribution in [-0.4, -0.2) is 14.7 Å². The lowest BCUT2D eigenvalue weighted by Gasteiger charge is -2.07. The van der Waals surface area contributed by atoms with Gasteiger partial charge in [-0.2, -0.15) is 0 Å². The van der Waals surface area contributed by atoms with Gasteiger partial charge in [-0.1, -0.05) is 54.2 Å². The zero-order valence-corrected chi connectivity index (χ0v) is 13.3. The summed E-state index contributed by atoms with van der Waals surface area (Å²) in [5.41, 5.74) is 2.87. The van der Waals surface area contributed by atoms with Crippen LogP contribution in [0.3, 0.4) is 0 Å². The van der Waals surface area contributed by atoms with E-state index in [-0.39, 0.29) is 12.4 Å². The van der Waals surface area contributed by atoms with E-state index in [1.165, 1.54) is 17.7 Å². The number of nitrogens with zero attached hydrogens (tertiary/aromatic N) is 2. The number of rotatable bonds is 6. The van der Waals surface area contributed by atoms with E-state index in [4.69, 9.17) is 0 Å². The fraction of sp³-hybridized carbons (Fsp3) is 0.167. The lowest BCUT2D eigenvalue weighted by Crippen LogP contribution is -2.00. The molecule has 0 aliphatic carbocycles. The zero-order chi connectivity index (χ0) is 16.1. The Morgan fingerprint density at radius 1 is 1.00 bits per heavy atom. The summed E-state index contributed by atoms with van der Waals surface area (Å²) in [6.45, 7) is 0.630. The molecule has 3 aromatic rings. The van der Waals surface area contributed by atoms with Crippen LogP contribution in [-0.2, 0) is 18.9 Å². The molecule has 0 aliphatic heterocycles. The zero-order valence-electron chi connectivity index (χ0n) is 12.5. The number of hydrogen-bond acceptors (Lipinski definition) is 3. The van der Waals surface area contributed by atoms with Crippen molar-refractivity contribution < 1.29 is 9.50 Å². The molecule has 0 saturated carbocycles. The molecule has 23 heavy (non-hydrogen) atoms. The normalized spacial score (nSPS) is 10.9. The van der Waals surface area contributed by atoms with Crippen LogP contribution in [0.4, 0.5) is 4.39 Å². The predicted molar refractivity (Wildman–Crippen MR) is 89.7 cm³/mol. The number of thioether (sulfide) groups is 1. The Kier molecular flexibility index (Phi) is 5.10. The standard InChI is InChI=1S/C18H17FN2OS/c19-16-8-6-15(7-9-16)13-23-18-20-17(12-22)11-21(18)10-14-4-2-1-3-5-14/h1-9,11,22H,10,12-13H2. The van der Waals surface area contributed by atoms with E-state index in [1.54, 1.807) is 23.9 Å². The Hall–Kier alpha value is -2.11. The summed E-state index contributed by atoms with van der Waals surface area (Å²) in [6, 6.07) is 16.6. The molecule has 1 heterocycles. The molecular weight excluding hydrogens is 311 g/mol. The van der Waals surface area contributed by atoms with E-state index >= 15 is 0 Å². The lowest BCUT2D eigenvalue weighted by atomic mass is 10.2. The van der Waals surface area contributed by atoms with Crippen LogP contribution >= 0.6 is 11.8 Å². The third-order valence-corrected chi connectivity index (χ3v) is 4.49. The third-order valence-electron chi connectivity index (χ3n) is 3.43. The molecule has 0 aliphatic rings. The molecule has 1 aromatic heterocycles. The molecule has 0 fully saturated rings. The van der Waals surface area contributed by atoms with Crippen molar-refractivity contribution in [3.05, 3.63) is 83.4 Å². The average molecular weight is 328 g/mol. The molecule has 118 valence electrons. The van der Waals surface area contributed by atoms with Gasteiger partial charge in [-0.3, -0.25) is 0 Å². The molecule has 5 heteroatoms. The Morgan fingerprint density at radius 3 is 2.43 bits per heavy atom. The molecule has 0 saturated heterocycles. The van der Waals surface area contributed by atoms with Gasteiger partial charge in [0.05, 0.1) is 12.3 Å². The maximum Gasteiger partial charge on any atom is 0.168 e. The molecule has 3 nitrogen and oxygen atoms in total. The number of benzene rings is 2. The van der Waals surface area contributed by atoms with Crippen LogP contribution in [0, 0.1) is 5.82 Å². The van der Waals surface area contributed by atoms with Gasteiger partial charge in [0.1, 0.15) is 5.82 Å². The van der Waals surface area contributed by atoms with Crippen LogP contribution in [0.5, 0.6) is 0 Å². The third kappa shape index (κ3) is 4.21. The van der Waals surface area contributed by atoms with Crippen LogP contribution in [0.2, 0.25) is 0 Å². The first-order valence-corrected chi connectivity index (χ1v) is 8.31. The lowest BCUT2D eigenvalue weighted by molar-refractivity contribution is 0.277. The fourth-order valence-corrected chi connectivity index (χ4v) is 3.22. The molecule has 0 atom stereocenters. The second kappa shape index (κ2) is 7.44. The van der Waals surface area contributed by atoms with Gasteiger partial charge in [0, 0.05) is 18.5 Å². The highest BCUT2D eigenvalue weighted by molar-refractivity contribution is 7.98. The van der Waals surface area contributed by atoms with Gasteiger partial charge in [0.2, 0.25) is 0 Å². The highest BCUT2D eigenvalue weighted by atomic mass is 32.2. The topological polar surface area (TPSA) is 38.0 Å². The largest absolute Gasteiger partial charge is 0.390 e. The van der Waals surface area contributed by atoms with Crippen LogP contribution in [0.15, 0.2) is 66.0 Å². The number of imidazole rings is 1. The molecule has 2 aromatic carbocycles. The minimum atomic E-state index is -0.230. The van der Waals surface area contributed by atoms with Crippen molar-refractivity contribution >= 4 is 11.8 Å². The van der Waals surface area contributed by atoms with Gasteiger partial charge in [0.25, 0.3) is 0 Å². The fourth-order valence-electron chi connectivity index (χ4n) is 2.26. The van der Waals surface area contributed by atoms with Crippen LogP contribution in [0.1, 0.15) is 16.8 Å². The summed E-state index contributed by atoms with van der Waals surface area (Å²) in [5.74, 6) is 0.476. The van der Waals surface area contributed by atoms with E-state index in [0.29, 0.717) is 18.0 Å². The van der Waals surface area contributed by atoms with Crippen molar-refractivity contribution in [2.24, 2.45) is 0 Å². The molecule has 0 radical (unpaired) electrons. The van der Waals surface area contributed by atoms with Crippen molar-refractivity contribution in [2.75, 3.05) is 0 Å². The highest BCUT2D eigenvalue weighted by Gasteiger charge is 2.09. The summed E-state index contributed by atoms with van der Waals surface area (Å²) in [7, 11) is 0. The second-order valence-electron chi connectivity index (χ2n) is 5.20. The van der Waals surface area contributed by atoms with E-state index in [0.717, 1.165) is 10.7 Å². The summed E-state index contributed by atoms with van der Waals surface area (Å²) in [4.78, 5) is 4.46. The monoisotopic (exact) mass is 328 g/mol. The minimum absolute atomic E-state index is 0.0775. The van der Waals surface area contributed by atoms with Crippen molar-refractivity contribution in [3.8, 4) is 0 Å². The Balaban J connectivity index is 1.75. The minimum Gasteiger partial charge on any atom is -0.390 e. The van der Waals surface area contributed by atoms with Gasteiger partial charge < -0.3 is 9.67 Å². The number of halogens is 1. The van der Waals surface area contributed by atoms with Crippen molar-refractivity contribution in [3.63, 3.8) is 0 Å². The summed E-state index contributed by atoms with van der Waals surface area (Å²) < 4.78 is 15.0. The number of hydrogen-bond donors (Lipinski definition) is 1. The summed E-state index contributed by atoms with van der Waals surface area (Å²) >= 11 is 1.58. The van der Waals surface area contributed by atoms with E-state index in [9.17, 15) is 9.50 Å². The van der Waals surface area contributed by atoms with Gasteiger partial charge in [-0.05, 0) is 23.3 Å². The van der Waals surface area contributed by atoms with E-state index < -0.39 is 0 Å². The maximum atomic E-state index is 13.0. The Morgan fingerprint density at radius 2 is 1.74 bits per heavy atom. The summed E-state index contributed by atoms with van der Waals surface area (Å²) in [5, 5.41) is 10.2. The van der Waals surface area contributed by atoms with Crippen molar-refractivity contribution in [2.45, 2.75) is 24.1 Å². The molecule has 0 spiro atoms. The van der Waals surface area contributed by atoms with E-state index in [1.807, 2.05) is 29.0 Å². The highest BCUT2D eigenvalue weighted by Crippen LogP contribution is 2.23. The molecule has 0 amide bonds. The van der Waals surface area contributed by atoms with Crippen LogP contribution in [0.25, 0.3) is 0 Å². The first kappa shape index (κ1) is 15.8.